The Morgan fingerprint density at radius 2 is 1.84 bits per heavy atom. The van der Waals surface area contributed by atoms with Crippen molar-refractivity contribution in [3.63, 3.8) is 0 Å². The highest BCUT2D eigenvalue weighted by Gasteiger charge is 2.62. The number of aliphatic hydroxyl groups is 2. The number of amides is 1. The van der Waals surface area contributed by atoms with E-state index in [4.69, 9.17) is 0 Å². The first-order valence-corrected chi connectivity index (χ1v) is 14.8. The van der Waals surface area contributed by atoms with Crippen LogP contribution in [0.15, 0.2) is 24.3 Å². The number of hydrogen-bond donors (Lipinski definition) is 4. The molecule has 0 saturated heterocycles. The van der Waals surface area contributed by atoms with Crippen molar-refractivity contribution in [2.45, 2.75) is 97.2 Å². The summed E-state index contributed by atoms with van der Waals surface area (Å²) < 4.78 is 0. The Hall–Kier alpha value is -1.92. The zero-order valence-corrected chi connectivity index (χ0v) is 22.7. The van der Waals surface area contributed by atoms with Gasteiger partial charge >= 0.3 is 0 Å². The third-order valence-corrected chi connectivity index (χ3v) is 11.9. The molecule has 10 atom stereocenters. The van der Waals surface area contributed by atoms with Crippen molar-refractivity contribution >= 4 is 22.9 Å². The van der Waals surface area contributed by atoms with Gasteiger partial charge in [-0.3, -0.25) is 10.1 Å². The predicted molar refractivity (Wildman–Crippen MR) is 146 cm³/mol. The van der Waals surface area contributed by atoms with Crippen LogP contribution in [0.25, 0.3) is 11.0 Å². The van der Waals surface area contributed by atoms with Crippen LogP contribution in [0.4, 0.5) is 5.95 Å². The Kier molecular flexibility index (Phi) is 6.42. The molecule has 4 aliphatic carbocycles. The number of carbonyl (C=O) groups is 1. The van der Waals surface area contributed by atoms with E-state index >= 15 is 0 Å². The molecule has 37 heavy (non-hydrogen) atoms. The zero-order valence-electron chi connectivity index (χ0n) is 22.7. The van der Waals surface area contributed by atoms with Gasteiger partial charge < -0.3 is 15.2 Å². The topological polar surface area (TPSA) is 98.2 Å². The lowest BCUT2D eigenvalue weighted by Gasteiger charge is -2.62. The van der Waals surface area contributed by atoms with Gasteiger partial charge in [-0.1, -0.05) is 32.9 Å². The Bertz CT molecular complexity index is 1110. The molecule has 0 radical (unpaired) electrons. The van der Waals surface area contributed by atoms with Gasteiger partial charge in [0.25, 0.3) is 0 Å². The minimum absolute atomic E-state index is 0.0236. The maximum atomic E-state index is 12.8. The fourth-order valence-corrected chi connectivity index (χ4v) is 9.94. The fraction of sp³-hybridized carbons (Fsp3) is 0.742. The molecule has 4 aliphatic rings. The van der Waals surface area contributed by atoms with E-state index in [9.17, 15) is 15.0 Å². The summed E-state index contributed by atoms with van der Waals surface area (Å²) in [6.45, 7) is 7.32. The number of H-pyrrole nitrogens is 1. The maximum absolute atomic E-state index is 12.8. The van der Waals surface area contributed by atoms with Gasteiger partial charge in [-0.05, 0) is 116 Å². The number of aromatic amines is 1. The van der Waals surface area contributed by atoms with E-state index in [0.29, 0.717) is 47.9 Å². The average molecular weight is 508 g/mol. The molecule has 0 bridgehead atoms. The van der Waals surface area contributed by atoms with Crippen molar-refractivity contribution in [2.24, 2.45) is 46.3 Å². The Morgan fingerprint density at radius 1 is 1.08 bits per heavy atom. The van der Waals surface area contributed by atoms with E-state index in [1.807, 2.05) is 24.3 Å². The highest BCUT2D eigenvalue weighted by atomic mass is 16.3. The van der Waals surface area contributed by atoms with Gasteiger partial charge in [0.15, 0.2) is 0 Å². The SMILES string of the molecule is CC(CCC(=O)Nc1nc2ccccc2[nH]1)C1CCC2C3C(O)CC4CC(O)CCC4(C)C3CCC12C. The Morgan fingerprint density at radius 3 is 2.65 bits per heavy atom. The summed E-state index contributed by atoms with van der Waals surface area (Å²) >= 11 is 0. The van der Waals surface area contributed by atoms with E-state index in [-0.39, 0.29) is 28.9 Å². The van der Waals surface area contributed by atoms with Crippen molar-refractivity contribution < 1.29 is 15.0 Å². The van der Waals surface area contributed by atoms with Crippen molar-refractivity contribution in [2.75, 3.05) is 5.32 Å². The lowest BCUT2D eigenvalue weighted by molar-refractivity contribution is -0.174. The van der Waals surface area contributed by atoms with Crippen LogP contribution in [0, 0.1) is 46.3 Å². The molecule has 6 heteroatoms. The van der Waals surface area contributed by atoms with E-state index in [2.05, 4.69) is 36.1 Å². The largest absolute Gasteiger partial charge is 0.393 e. The average Bonchev–Trinajstić information content (AvgIpc) is 3.43. The van der Waals surface area contributed by atoms with Gasteiger partial charge in [-0.2, -0.15) is 0 Å². The summed E-state index contributed by atoms with van der Waals surface area (Å²) in [6.07, 6.45) is 9.58. The number of para-hydroxylation sites is 2. The second kappa shape index (κ2) is 9.37. The van der Waals surface area contributed by atoms with Crippen LogP contribution in [0.3, 0.4) is 0 Å². The lowest BCUT2D eigenvalue weighted by Crippen LogP contribution is -2.58. The molecular formula is C31H45N3O3. The molecule has 4 fully saturated rings. The number of anilines is 1. The van der Waals surface area contributed by atoms with E-state index in [0.717, 1.165) is 43.1 Å². The molecule has 2 aromatic rings. The van der Waals surface area contributed by atoms with Crippen LogP contribution in [0.2, 0.25) is 0 Å². The van der Waals surface area contributed by atoms with Crippen LogP contribution in [-0.2, 0) is 4.79 Å². The molecule has 1 aromatic heterocycles. The lowest BCUT2D eigenvalue weighted by atomic mass is 9.43. The number of aromatic nitrogens is 2. The normalized spacial score (nSPS) is 42.0. The number of imidazole rings is 1. The third-order valence-electron chi connectivity index (χ3n) is 11.9. The van der Waals surface area contributed by atoms with Crippen LogP contribution in [0.1, 0.15) is 85.0 Å². The number of fused-ring (bicyclic) bond motifs is 6. The van der Waals surface area contributed by atoms with E-state index in [1.165, 1.54) is 25.7 Å². The minimum atomic E-state index is -0.235. The fourth-order valence-electron chi connectivity index (χ4n) is 9.94. The second-order valence-corrected chi connectivity index (χ2v) is 13.6. The summed E-state index contributed by atoms with van der Waals surface area (Å²) in [5.41, 5.74) is 2.30. The minimum Gasteiger partial charge on any atom is -0.393 e. The Labute approximate surface area is 221 Å². The first kappa shape index (κ1) is 25.4. The van der Waals surface area contributed by atoms with Gasteiger partial charge in [0.1, 0.15) is 0 Å². The number of carbonyl (C=O) groups excluding carboxylic acids is 1. The van der Waals surface area contributed by atoms with E-state index < -0.39 is 0 Å². The first-order chi connectivity index (χ1) is 17.7. The molecule has 6 rings (SSSR count). The van der Waals surface area contributed by atoms with Crippen LogP contribution >= 0.6 is 0 Å². The van der Waals surface area contributed by atoms with Gasteiger partial charge in [0.05, 0.1) is 23.2 Å². The number of nitrogens with one attached hydrogen (secondary N) is 2. The van der Waals surface area contributed by atoms with E-state index in [1.54, 1.807) is 0 Å². The second-order valence-electron chi connectivity index (χ2n) is 13.6. The third kappa shape index (κ3) is 4.23. The molecule has 0 spiro atoms. The number of benzene rings is 1. The van der Waals surface area contributed by atoms with Crippen LogP contribution in [0.5, 0.6) is 0 Å². The summed E-state index contributed by atoms with van der Waals surface area (Å²) in [7, 11) is 0. The zero-order chi connectivity index (χ0) is 25.9. The van der Waals surface area contributed by atoms with Gasteiger partial charge in [-0.25, -0.2) is 4.98 Å². The number of nitrogens with zero attached hydrogens (tertiary/aromatic N) is 1. The molecular weight excluding hydrogens is 462 g/mol. The van der Waals surface area contributed by atoms with Crippen molar-refractivity contribution in [1.29, 1.82) is 0 Å². The van der Waals surface area contributed by atoms with Crippen LogP contribution in [-0.4, -0.2) is 38.3 Å². The van der Waals surface area contributed by atoms with Gasteiger partial charge in [0, 0.05) is 6.42 Å². The molecule has 1 amide bonds. The van der Waals surface area contributed by atoms with Gasteiger partial charge in [-0.15, -0.1) is 0 Å². The molecule has 4 N–H and O–H groups in total. The van der Waals surface area contributed by atoms with Crippen molar-refractivity contribution in [3.05, 3.63) is 24.3 Å². The standard InChI is InChI=1S/C31H45N3O3/c1-18(8-11-27(37)34-29-32-24-6-4-5-7-25(24)33-29)21-9-10-22-28-23(13-15-31(21,22)3)30(2)14-12-20(35)16-19(30)17-26(28)36/h4-7,18-23,26,28,35-36H,8-17H2,1-3H3,(H2,32,33,34,37). The van der Waals surface area contributed by atoms with Crippen molar-refractivity contribution in [3.8, 4) is 0 Å². The molecule has 0 aliphatic heterocycles. The Balaban J connectivity index is 1.10. The first-order valence-electron chi connectivity index (χ1n) is 14.8. The smallest absolute Gasteiger partial charge is 0.226 e. The molecule has 10 unspecified atom stereocenters. The molecule has 6 nitrogen and oxygen atoms in total. The molecule has 4 saturated carbocycles. The quantitative estimate of drug-likeness (QED) is 0.404. The molecule has 202 valence electrons. The molecule has 1 heterocycles. The predicted octanol–water partition coefficient (Wildman–Crippen LogP) is 5.91. The van der Waals surface area contributed by atoms with Crippen molar-refractivity contribution in [1.82, 2.24) is 9.97 Å². The summed E-state index contributed by atoms with van der Waals surface area (Å²) in [4.78, 5) is 20.4. The number of hydrogen-bond acceptors (Lipinski definition) is 4. The summed E-state index contributed by atoms with van der Waals surface area (Å²) in [6, 6.07) is 7.81. The monoisotopic (exact) mass is 507 g/mol. The van der Waals surface area contributed by atoms with Gasteiger partial charge in [0.2, 0.25) is 11.9 Å². The van der Waals surface area contributed by atoms with Crippen LogP contribution < -0.4 is 5.32 Å². The maximum Gasteiger partial charge on any atom is 0.226 e. The summed E-state index contributed by atoms with van der Waals surface area (Å²) in [5.74, 6) is 3.62. The summed E-state index contributed by atoms with van der Waals surface area (Å²) in [5, 5.41) is 24.7. The molecule has 1 aromatic carbocycles. The highest BCUT2D eigenvalue weighted by molar-refractivity contribution is 5.91. The highest BCUT2D eigenvalue weighted by Crippen LogP contribution is 2.68. The number of aliphatic hydroxyl groups excluding tert-OH is 2. The number of rotatable bonds is 5.